The maximum absolute atomic E-state index is 12.9. The lowest BCUT2D eigenvalue weighted by molar-refractivity contribution is -0.384. The highest BCUT2D eigenvalue weighted by atomic mass is 16.7. The zero-order valence-electron chi connectivity index (χ0n) is 20.0. The van der Waals surface area contributed by atoms with Gasteiger partial charge in [-0.05, 0) is 31.2 Å². The number of ether oxygens (including phenoxy) is 3. The molecule has 0 saturated heterocycles. The predicted molar refractivity (Wildman–Crippen MR) is 136 cm³/mol. The molecule has 188 valence electrons. The number of carbonyl (C=O) groups excluding carboxylic acids is 1. The zero-order valence-corrected chi connectivity index (χ0v) is 20.0. The zero-order chi connectivity index (χ0) is 26.2. The molecule has 0 atom stereocenters. The minimum atomic E-state index is -0.661. The van der Waals surface area contributed by atoms with Gasteiger partial charge < -0.3 is 14.2 Å². The van der Waals surface area contributed by atoms with Crippen molar-refractivity contribution in [3.05, 3.63) is 88.6 Å². The van der Waals surface area contributed by atoms with Gasteiger partial charge in [0, 0.05) is 34.7 Å². The van der Waals surface area contributed by atoms with Crippen LogP contribution >= 0.6 is 0 Å². The molecule has 38 heavy (non-hydrogen) atoms. The molecule has 0 radical (unpaired) electrons. The van der Waals surface area contributed by atoms with Gasteiger partial charge in [0.2, 0.25) is 6.79 Å². The first kappa shape index (κ1) is 23.1. The van der Waals surface area contributed by atoms with Gasteiger partial charge >= 0.3 is 5.97 Å². The van der Waals surface area contributed by atoms with Gasteiger partial charge in [-0.3, -0.25) is 10.1 Å². The molecule has 0 aliphatic carbocycles. The van der Waals surface area contributed by atoms with Gasteiger partial charge in [0.05, 0.1) is 28.4 Å². The Hall–Kier alpha value is -5.32. The van der Waals surface area contributed by atoms with Crippen molar-refractivity contribution in [1.82, 2.24) is 20.0 Å². The lowest BCUT2D eigenvalue weighted by Crippen LogP contribution is -2.08. The van der Waals surface area contributed by atoms with Crippen molar-refractivity contribution >= 4 is 22.6 Å². The molecule has 0 N–H and O–H groups in total. The highest BCUT2D eigenvalue weighted by Gasteiger charge is 2.26. The van der Waals surface area contributed by atoms with Crippen LogP contribution in [0.3, 0.4) is 0 Å². The Morgan fingerprint density at radius 3 is 2.47 bits per heavy atom. The van der Waals surface area contributed by atoms with Gasteiger partial charge in [0.25, 0.3) is 5.69 Å². The minimum Gasteiger partial charge on any atom is -0.461 e. The molecule has 0 fully saturated rings. The number of fused-ring (bicyclic) bond motifs is 2. The van der Waals surface area contributed by atoms with Crippen LogP contribution in [0.25, 0.3) is 39.1 Å². The maximum Gasteiger partial charge on any atom is 0.361 e. The van der Waals surface area contributed by atoms with Gasteiger partial charge in [0.15, 0.2) is 17.2 Å². The summed E-state index contributed by atoms with van der Waals surface area (Å²) in [6, 6.07) is 20.9. The Bertz CT molecular complexity index is 1700. The standard InChI is InChI=1S/C27H19N5O6/c1-2-36-27(33)25-26(17-8-10-18(11-9-17)32(34)35)31(30-29-25)22-13-20(16-6-4-3-5-7-16)28-21-14-24-23(12-19(21)22)37-15-38-24/h3-14H,2,15H2,1H3. The molecule has 0 spiro atoms. The third-order valence-corrected chi connectivity index (χ3v) is 6.07. The second-order valence-corrected chi connectivity index (χ2v) is 8.34. The molecule has 11 nitrogen and oxygen atoms in total. The van der Waals surface area contributed by atoms with E-state index >= 15 is 0 Å². The number of hydrogen-bond donors (Lipinski definition) is 0. The van der Waals surface area contributed by atoms with Crippen LogP contribution in [0.2, 0.25) is 0 Å². The van der Waals surface area contributed by atoms with Crippen LogP contribution in [-0.4, -0.2) is 44.3 Å². The van der Waals surface area contributed by atoms with Crippen LogP contribution in [-0.2, 0) is 4.74 Å². The van der Waals surface area contributed by atoms with Crippen LogP contribution in [0.1, 0.15) is 17.4 Å². The van der Waals surface area contributed by atoms with Crippen molar-refractivity contribution in [3.63, 3.8) is 0 Å². The van der Waals surface area contributed by atoms with E-state index < -0.39 is 10.9 Å². The lowest BCUT2D eigenvalue weighted by Gasteiger charge is -2.13. The highest BCUT2D eigenvalue weighted by Crippen LogP contribution is 2.40. The SMILES string of the molecule is CCOC(=O)c1nnn(-c2cc(-c3ccccc3)nc3cc4c(cc23)OCO4)c1-c1ccc([N+](=O)[O-])cc1. The van der Waals surface area contributed by atoms with Crippen molar-refractivity contribution in [2.75, 3.05) is 13.4 Å². The molecular weight excluding hydrogens is 490 g/mol. The molecule has 0 saturated carbocycles. The summed E-state index contributed by atoms with van der Waals surface area (Å²) >= 11 is 0. The molecule has 2 aromatic heterocycles. The fourth-order valence-electron chi connectivity index (χ4n) is 4.32. The normalized spacial score (nSPS) is 12.0. The third-order valence-electron chi connectivity index (χ3n) is 6.07. The number of rotatable bonds is 6. The number of nitro groups is 1. The number of aromatic nitrogens is 4. The molecule has 3 aromatic carbocycles. The Kier molecular flexibility index (Phi) is 5.64. The monoisotopic (exact) mass is 509 g/mol. The van der Waals surface area contributed by atoms with E-state index in [1.807, 2.05) is 36.4 Å². The van der Waals surface area contributed by atoms with Gasteiger partial charge in [0.1, 0.15) is 5.69 Å². The molecule has 0 bridgehead atoms. The smallest absolute Gasteiger partial charge is 0.361 e. The fraction of sp³-hybridized carbons (Fsp3) is 0.111. The summed E-state index contributed by atoms with van der Waals surface area (Å²) in [7, 11) is 0. The number of pyridine rings is 1. The van der Waals surface area contributed by atoms with E-state index in [4.69, 9.17) is 19.2 Å². The first-order chi connectivity index (χ1) is 18.5. The van der Waals surface area contributed by atoms with E-state index in [0.29, 0.717) is 45.0 Å². The first-order valence-corrected chi connectivity index (χ1v) is 11.7. The van der Waals surface area contributed by atoms with Crippen LogP contribution in [0.4, 0.5) is 5.69 Å². The second kappa shape index (κ2) is 9.28. The molecule has 6 rings (SSSR count). The second-order valence-electron chi connectivity index (χ2n) is 8.34. The number of nitro benzene ring substituents is 1. The summed E-state index contributed by atoms with van der Waals surface area (Å²) in [5.41, 5.74) is 3.44. The molecule has 5 aromatic rings. The van der Waals surface area contributed by atoms with Crippen LogP contribution in [0.5, 0.6) is 11.5 Å². The Balaban J connectivity index is 1.63. The third kappa shape index (κ3) is 3.95. The number of non-ortho nitro benzene ring substituents is 1. The summed E-state index contributed by atoms with van der Waals surface area (Å²) in [5.74, 6) is 0.463. The summed E-state index contributed by atoms with van der Waals surface area (Å²) in [6.07, 6.45) is 0. The number of hydrogen-bond acceptors (Lipinski definition) is 9. The average molecular weight is 509 g/mol. The lowest BCUT2D eigenvalue weighted by atomic mass is 10.1. The first-order valence-electron chi connectivity index (χ1n) is 11.7. The van der Waals surface area contributed by atoms with E-state index in [1.54, 1.807) is 31.2 Å². The Morgan fingerprint density at radius 2 is 1.76 bits per heavy atom. The molecule has 0 amide bonds. The maximum atomic E-state index is 12.9. The molecule has 1 aliphatic heterocycles. The average Bonchev–Trinajstić information content (AvgIpc) is 3.59. The van der Waals surface area contributed by atoms with Gasteiger partial charge in [-0.1, -0.05) is 35.5 Å². The number of carbonyl (C=O) groups is 1. The summed E-state index contributed by atoms with van der Waals surface area (Å²) in [6.45, 7) is 1.93. The van der Waals surface area contributed by atoms with Crippen molar-refractivity contribution in [1.29, 1.82) is 0 Å². The Labute approximate surface area is 215 Å². The van der Waals surface area contributed by atoms with Crippen LogP contribution in [0.15, 0.2) is 72.8 Å². The molecule has 1 aliphatic rings. The highest BCUT2D eigenvalue weighted by molar-refractivity contribution is 5.97. The van der Waals surface area contributed by atoms with Crippen molar-refractivity contribution in [2.45, 2.75) is 6.92 Å². The minimum absolute atomic E-state index is 0.0207. The summed E-state index contributed by atoms with van der Waals surface area (Å²) in [5, 5.41) is 20.4. The van der Waals surface area contributed by atoms with Gasteiger partial charge in [-0.15, -0.1) is 5.10 Å². The summed E-state index contributed by atoms with van der Waals surface area (Å²) < 4.78 is 17.9. The topological polar surface area (TPSA) is 132 Å². The molecule has 3 heterocycles. The van der Waals surface area contributed by atoms with E-state index in [1.165, 1.54) is 16.8 Å². The number of nitrogens with zero attached hydrogens (tertiary/aromatic N) is 5. The summed E-state index contributed by atoms with van der Waals surface area (Å²) in [4.78, 5) is 28.5. The van der Waals surface area contributed by atoms with Gasteiger partial charge in [-0.2, -0.15) is 0 Å². The van der Waals surface area contributed by atoms with Crippen molar-refractivity contribution in [3.8, 4) is 39.7 Å². The van der Waals surface area contributed by atoms with Crippen LogP contribution in [0, 0.1) is 10.1 Å². The van der Waals surface area contributed by atoms with Crippen molar-refractivity contribution in [2.24, 2.45) is 0 Å². The van der Waals surface area contributed by atoms with E-state index in [0.717, 1.165) is 5.56 Å². The number of benzene rings is 3. The van der Waals surface area contributed by atoms with E-state index in [9.17, 15) is 14.9 Å². The van der Waals surface area contributed by atoms with E-state index in [2.05, 4.69) is 10.3 Å². The molecular formula is C27H19N5O6. The quantitative estimate of drug-likeness (QED) is 0.177. The largest absolute Gasteiger partial charge is 0.461 e. The van der Waals surface area contributed by atoms with Crippen molar-refractivity contribution < 1.29 is 23.9 Å². The number of esters is 1. The predicted octanol–water partition coefficient (Wildman–Crippen LogP) is 4.96. The van der Waals surface area contributed by atoms with E-state index in [-0.39, 0.29) is 24.8 Å². The molecule has 11 heteroatoms. The van der Waals surface area contributed by atoms with Gasteiger partial charge in [-0.25, -0.2) is 14.5 Å². The van der Waals surface area contributed by atoms with Crippen LogP contribution < -0.4 is 9.47 Å². The Morgan fingerprint density at radius 1 is 1.03 bits per heavy atom. The molecule has 0 unspecified atom stereocenters. The fourth-order valence-corrected chi connectivity index (χ4v) is 4.32.